The van der Waals surface area contributed by atoms with Gasteiger partial charge < -0.3 is 10.0 Å². The minimum atomic E-state index is -0.190. The molecule has 27 heavy (non-hydrogen) atoms. The molecule has 0 unspecified atom stereocenters. The van der Waals surface area contributed by atoms with Crippen LogP contribution in [0.3, 0.4) is 0 Å². The summed E-state index contributed by atoms with van der Waals surface area (Å²) >= 11 is 1.52. The van der Waals surface area contributed by atoms with Gasteiger partial charge in [-0.3, -0.25) is 9.36 Å². The maximum atomic E-state index is 13.1. The molecule has 1 N–H and O–H groups in total. The van der Waals surface area contributed by atoms with Crippen LogP contribution in [0.5, 0.6) is 5.88 Å². The van der Waals surface area contributed by atoms with Crippen LogP contribution in [-0.4, -0.2) is 44.9 Å². The number of aromatic hydroxyl groups is 1. The average Bonchev–Trinajstić information content (AvgIpc) is 2.62. The molecule has 148 valence electrons. The van der Waals surface area contributed by atoms with E-state index in [1.165, 1.54) is 11.8 Å². The number of aromatic nitrogens is 2. The van der Waals surface area contributed by atoms with Crippen LogP contribution in [-0.2, 0) is 0 Å². The highest BCUT2D eigenvalue weighted by atomic mass is 32.2. The van der Waals surface area contributed by atoms with Crippen molar-refractivity contribution in [3.63, 3.8) is 0 Å². The van der Waals surface area contributed by atoms with Gasteiger partial charge in [-0.05, 0) is 44.0 Å². The second-order valence-electron chi connectivity index (χ2n) is 6.95. The number of hydrogen-bond acceptors (Lipinski definition) is 5. The maximum absolute atomic E-state index is 13.1. The highest BCUT2D eigenvalue weighted by Gasteiger charge is 2.20. The van der Waals surface area contributed by atoms with Crippen LogP contribution in [0.4, 0.5) is 0 Å². The van der Waals surface area contributed by atoms with Crippen molar-refractivity contribution in [2.75, 3.05) is 25.4 Å². The smallest absolute Gasteiger partial charge is 0.266 e. The number of thioether (sulfide) groups is 1. The monoisotopic (exact) mass is 389 g/mol. The lowest BCUT2D eigenvalue weighted by atomic mass is 10.1. The van der Waals surface area contributed by atoms with Gasteiger partial charge in [-0.15, -0.1) is 0 Å². The average molecular weight is 390 g/mol. The lowest BCUT2D eigenvalue weighted by Gasteiger charge is -2.21. The minimum Gasteiger partial charge on any atom is -0.493 e. The highest BCUT2D eigenvalue weighted by molar-refractivity contribution is 7.99. The fourth-order valence-electron chi connectivity index (χ4n) is 3.14. The molecule has 0 atom stereocenters. The first-order chi connectivity index (χ1) is 13.0. The standard InChI is InChI=1S/C21H31N3O2S/c1-5-12-23(13-6-2)14-15-27-21-22-19(25)18(16(3)4)20(26)24(21)17-10-8-7-9-11-17/h7-11,16,25H,5-6,12-15H2,1-4H3. The third-order valence-electron chi connectivity index (χ3n) is 4.38. The van der Waals surface area contributed by atoms with E-state index in [9.17, 15) is 9.90 Å². The van der Waals surface area contributed by atoms with E-state index in [-0.39, 0.29) is 17.4 Å². The Kier molecular flexibility index (Phi) is 8.38. The Morgan fingerprint density at radius 2 is 1.74 bits per heavy atom. The van der Waals surface area contributed by atoms with Gasteiger partial charge >= 0.3 is 0 Å². The summed E-state index contributed by atoms with van der Waals surface area (Å²) in [5.41, 5.74) is 0.949. The van der Waals surface area contributed by atoms with Crippen LogP contribution in [0.2, 0.25) is 0 Å². The predicted molar refractivity (Wildman–Crippen MR) is 113 cm³/mol. The van der Waals surface area contributed by atoms with E-state index in [2.05, 4.69) is 23.7 Å². The Balaban J connectivity index is 2.34. The molecule has 0 spiro atoms. The minimum absolute atomic E-state index is 0.0939. The Labute approximate surface area is 166 Å². The van der Waals surface area contributed by atoms with E-state index >= 15 is 0 Å². The van der Waals surface area contributed by atoms with Gasteiger partial charge in [0.2, 0.25) is 5.88 Å². The van der Waals surface area contributed by atoms with Crippen molar-refractivity contribution >= 4 is 11.8 Å². The molecule has 0 bridgehead atoms. The van der Waals surface area contributed by atoms with Crippen LogP contribution in [0.15, 0.2) is 40.3 Å². The molecule has 0 aliphatic rings. The lowest BCUT2D eigenvalue weighted by molar-refractivity contribution is 0.292. The molecule has 2 rings (SSSR count). The van der Waals surface area contributed by atoms with Gasteiger partial charge in [-0.1, -0.05) is 57.7 Å². The molecule has 0 amide bonds. The summed E-state index contributed by atoms with van der Waals surface area (Å²) in [6.07, 6.45) is 2.25. The number of rotatable bonds is 10. The second kappa shape index (κ2) is 10.5. The third kappa shape index (κ3) is 5.59. The SMILES string of the molecule is CCCN(CCC)CCSc1nc(O)c(C(C)C)c(=O)n1-c1ccccc1. The summed E-state index contributed by atoms with van der Waals surface area (Å²) in [6, 6.07) is 9.53. The molecule has 0 saturated heterocycles. The molecule has 5 nitrogen and oxygen atoms in total. The summed E-state index contributed by atoms with van der Waals surface area (Å²) in [4.78, 5) is 19.9. The zero-order chi connectivity index (χ0) is 19.8. The Morgan fingerprint density at radius 3 is 2.30 bits per heavy atom. The first kappa shape index (κ1) is 21.5. The molecule has 1 heterocycles. The van der Waals surface area contributed by atoms with Crippen molar-refractivity contribution in [1.82, 2.24) is 14.5 Å². The van der Waals surface area contributed by atoms with E-state index < -0.39 is 0 Å². The molecule has 0 aliphatic carbocycles. The van der Waals surface area contributed by atoms with Crippen LogP contribution in [0.1, 0.15) is 52.0 Å². The molecule has 6 heteroatoms. The maximum Gasteiger partial charge on any atom is 0.266 e. The van der Waals surface area contributed by atoms with E-state index in [0.717, 1.165) is 43.9 Å². The van der Waals surface area contributed by atoms with Crippen LogP contribution in [0.25, 0.3) is 5.69 Å². The van der Waals surface area contributed by atoms with Crippen LogP contribution >= 0.6 is 11.8 Å². The van der Waals surface area contributed by atoms with Gasteiger partial charge in [0.15, 0.2) is 5.16 Å². The topological polar surface area (TPSA) is 58.4 Å². The van der Waals surface area contributed by atoms with Gasteiger partial charge in [0, 0.05) is 12.3 Å². The third-order valence-corrected chi connectivity index (χ3v) is 5.30. The Hall–Kier alpha value is -1.79. The molecule has 1 aromatic carbocycles. The largest absolute Gasteiger partial charge is 0.493 e. The first-order valence-electron chi connectivity index (χ1n) is 9.76. The first-order valence-corrected chi connectivity index (χ1v) is 10.7. The van der Waals surface area contributed by atoms with Crippen molar-refractivity contribution in [2.24, 2.45) is 0 Å². The summed E-state index contributed by atoms with van der Waals surface area (Å²) < 4.78 is 1.63. The van der Waals surface area contributed by atoms with Crippen molar-refractivity contribution in [3.8, 4) is 11.6 Å². The number of benzene rings is 1. The van der Waals surface area contributed by atoms with Crippen molar-refractivity contribution in [1.29, 1.82) is 0 Å². The summed E-state index contributed by atoms with van der Waals surface area (Å²) in [5.74, 6) is 0.576. The molecule has 0 fully saturated rings. The van der Waals surface area contributed by atoms with E-state index in [4.69, 9.17) is 0 Å². The van der Waals surface area contributed by atoms with Gasteiger partial charge in [-0.25, -0.2) is 0 Å². The fraction of sp³-hybridized carbons (Fsp3) is 0.524. The zero-order valence-corrected chi connectivity index (χ0v) is 17.6. The Bertz CT molecular complexity index is 769. The summed E-state index contributed by atoms with van der Waals surface area (Å²) in [7, 11) is 0. The van der Waals surface area contributed by atoms with Crippen molar-refractivity contribution in [2.45, 2.75) is 51.6 Å². The molecule has 0 radical (unpaired) electrons. The van der Waals surface area contributed by atoms with E-state index in [0.29, 0.717) is 10.7 Å². The number of nitrogens with zero attached hydrogens (tertiary/aromatic N) is 3. The van der Waals surface area contributed by atoms with Crippen molar-refractivity contribution < 1.29 is 5.11 Å². The second-order valence-corrected chi connectivity index (χ2v) is 8.01. The van der Waals surface area contributed by atoms with Gasteiger partial charge in [-0.2, -0.15) is 4.98 Å². The molecule has 2 aromatic rings. The quantitative estimate of drug-likeness (QED) is 0.486. The summed E-state index contributed by atoms with van der Waals surface area (Å²) in [5, 5.41) is 10.9. The van der Waals surface area contributed by atoms with Gasteiger partial charge in [0.1, 0.15) is 0 Å². The van der Waals surface area contributed by atoms with Crippen LogP contribution in [0, 0.1) is 0 Å². The molecular formula is C21H31N3O2S. The van der Waals surface area contributed by atoms with E-state index in [1.807, 2.05) is 44.2 Å². The van der Waals surface area contributed by atoms with Crippen molar-refractivity contribution in [3.05, 3.63) is 46.2 Å². The molecule has 1 aromatic heterocycles. The lowest BCUT2D eigenvalue weighted by Crippen LogP contribution is -2.29. The predicted octanol–water partition coefficient (Wildman–Crippen LogP) is 4.28. The number of hydrogen-bond donors (Lipinski definition) is 1. The Morgan fingerprint density at radius 1 is 1.11 bits per heavy atom. The van der Waals surface area contributed by atoms with Gasteiger partial charge in [0.05, 0.1) is 11.3 Å². The molecule has 0 aliphatic heterocycles. The number of para-hydroxylation sites is 1. The van der Waals surface area contributed by atoms with E-state index in [1.54, 1.807) is 4.57 Å². The molecule has 0 saturated carbocycles. The molecular weight excluding hydrogens is 358 g/mol. The fourth-order valence-corrected chi connectivity index (χ4v) is 4.14. The highest BCUT2D eigenvalue weighted by Crippen LogP contribution is 2.26. The van der Waals surface area contributed by atoms with Gasteiger partial charge in [0.25, 0.3) is 5.56 Å². The summed E-state index contributed by atoms with van der Waals surface area (Å²) in [6.45, 7) is 11.3. The normalized spacial score (nSPS) is 11.5. The zero-order valence-electron chi connectivity index (χ0n) is 16.8. The van der Waals surface area contributed by atoms with Crippen LogP contribution < -0.4 is 5.56 Å².